The maximum atomic E-state index is 12.8. The second-order valence-electron chi connectivity index (χ2n) is 6.25. The van der Waals surface area contributed by atoms with Gasteiger partial charge in [-0.05, 0) is 35.7 Å². The third kappa shape index (κ3) is 3.82. The molecule has 0 fully saturated rings. The highest BCUT2D eigenvalue weighted by Gasteiger charge is 2.21. The number of aromatic nitrogens is 2. The number of methoxy groups -OCH3 is 1. The third-order valence-corrected chi connectivity index (χ3v) is 6.63. The van der Waals surface area contributed by atoms with E-state index in [1.165, 1.54) is 42.0 Å². The summed E-state index contributed by atoms with van der Waals surface area (Å²) in [5.41, 5.74) is 0.899. The summed E-state index contributed by atoms with van der Waals surface area (Å²) in [6.07, 6.45) is 3.45. The van der Waals surface area contributed by atoms with E-state index in [0.717, 1.165) is 16.3 Å². The maximum absolute atomic E-state index is 12.8. The number of carboxylic acid groups (broad SMARTS) is 1. The average molecular weight is 441 g/mol. The van der Waals surface area contributed by atoms with Crippen LogP contribution in [-0.4, -0.2) is 36.6 Å². The summed E-state index contributed by atoms with van der Waals surface area (Å²) in [4.78, 5) is 19.5. The molecule has 0 unspecified atom stereocenters. The number of nitrogens with one attached hydrogen (secondary N) is 1. The molecule has 4 aromatic rings. The van der Waals surface area contributed by atoms with Crippen molar-refractivity contribution in [3.05, 3.63) is 65.8 Å². The molecule has 0 atom stereocenters. The van der Waals surface area contributed by atoms with Crippen molar-refractivity contribution in [2.45, 2.75) is 5.03 Å². The molecule has 10 heteroatoms. The van der Waals surface area contributed by atoms with Crippen molar-refractivity contribution in [1.29, 1.82) is 0 Å². The molecule has 0 spiro atoms. The summed E-state index contributed by atoms with van der Waals surface area (Å²) >= 11 is 1.21. The zero-order valence-electron chi connectivity index (χ0n) is 15.6. The molecular formula is C20H15N3O5S2. The van der Waals surface area contributed by atoms with E-state index < -0.39 is 16.0 Å². The van der Waals surface area contributed by atoms with Crippen LogP contribution in [0.1, 0.15) is 10.4 Å². The number of thiazole rings is 1. The zero-order chi connectivity index (χ0) is 21.3. The highest BCUT2D eigenvalue weighted by Crippen LogP contribution is 2.31. The molecule has 30 heavy (non-hydrogen) atoms. The van der Waals surface area contributed by atoms with E-state index in [2.05, 4.69) is 14.7 Å². The number of hydrogen-bond acceptors (Lipinski definition) is 7. The topological polar surface area (TPSA) is 118 Å². The Morgan fingerprint density at radius 3 is 2.73 bits per heavy atom. The molecule has 152 valence electrons. The largest absolute Gasteiger partial charge is 0.495 e. The molecule has 0 aliphatic carbocycles. The van der Waals surface area contributed by atoms with Crippen molar-refractivity contribution in [1.82, 2.24) is 9.97 Å². The molecule has 2 heterocycles. The van der Waals surface area contributed by atoms with Gasteiger partial charge in [-0.3, -0.25) is 9.71 Å². The van der Waals surface area contributed by atoms with Crippen molar-refractivity contribution in [2.24, 2.45) is 0 Å². The lowest BCUT2D eigenvalue weighted by Crippen LogP contribution is -2.14. The van der Waals surface area contributed by atoms with Gasteiger partial charge in [-0.15, -0.1) is 11.3 Å². The highest BCUT2D eigenvalue weighted by atomic mass is 32.2. The second kappa shape index (κ2) is 7.73. The number of anilines is 1. The van der Waals surface area contributed by atoms with Gasteiger partial charge in [-0.2, -0.15) is 8.42 Å². The number of aromatic carboxylic acids is 1. The molecule has 8 nitrogen and oxygen atoms in total. The lowest BCUT2D eigenvalue weighted by molar-refractivity contribution is 0.0696. The first-order valence-corrected chi connectivity index (χ1v) is 11.0. The summed E-state index contributed by atoms with van der Waals surface area (Å²) in [6, 6.07) is 11.4. The summed E-state index contributed by atoms with van der Waals surface area (Å²) in [6.45, 7) is 0. The molecule has 0 bridgehead atoms. The number of rotatable bonds is 6. The number of benzene rings is 2. The lowest BCUT2D eigenvalue weighted by atomic mass is 10.1. The summed E-state index contributed by atoms with van der Waals surface area (Å²) in [7, 11) is -2.67. The molecule has 2 aromatic heterocycles. The molecule has 0 saturated carbocycles. The second-order valence-corrected chi connectivity index (χ2v) is 8.74. The quantitative estimate of drug-likeness (QED) is 0.466. The molecule has 2 aromatic carbocycles. The fourth-order valence-corrected chi connectivity index (χ4v) is 5.00. The molecule has 0 aliphatic heterocycles. The van der Waals surface area contributed by atoms with Gasteiger partial charge in [-0.1, -0.05) is 12.1 Å². The first-order chi connectivity index (χ1) is 14.4. The number of fused-ring (bicyclic) bond motifs is 1. The highest BCUT2D eigenvalue weighted by molar-refractivity contribution is 7.92. The van der Waals surface area contributed by atoms with E-state index in [4.69, 9.17) is 9.84 Å². The third-order valence-electron chi connectivity index (χ3n) is 4.34. The molecule has 4 rings (SSSR count). The van der Waals surface area contributed by atoms with Gasteiger partial charge in [0.05, 0.1) is 18.4 Å². The smallest absolute Gasteiger partial charge is 0.335 e. The monoisotopic (exact) mass is 441 g/mol. The van der Waals surface area contributed by atoms with Crippen molar-refractivity contribution in [3.8, 4) is 16.3 Å². The van der Waals surface area contributed by atoms with Gasteiger partial charge >= 0.3 is 5.97 Å². The van der Waals surface area contributed by atoms with Crippen LogP contribution in [0.5, 0.6) is 5.75 Å². The fourth-order valence-electron chi connectivity index (χ4n) is 2.84. The van der Waals surface area contributed by atoms with Gasteiger partial charge in [0.2, 0.25) is 0 Å². The van der Waals surface area contributed by atoms with Gasteiger partial charge in [0.15, 0.2) is 5.03 Å². The van der Waals surface area contributed by atoms with E-state index in [9.17, 15) is 13.2 Å². The van der Waals surface area contributed by atoms with Crippen LogP contribution in [0.4, 0.5) is 5.69 Å². The Balaban J connectivity index is 1.64. The maximum Gasteiger partial charge on any atom is 0.335 e. The first-order valence-electron chi connectivity index (χ1n) is 8.61. The number of sulfonamides is 1. The predicted molar refractivity (Wildman–Crippen MR) is 114 cm³/mol. The van der Waals surface area contributed by atoms with Crippen molar-refractivity contribution >= 4 is 43.8 Å². The molecule has 0 amide bonds. The standard InChI is InChI=1S/C20H15N3O5S2/c1-28-17-9-14(20(24)25)4-5-16(17)23-30(26,27)18-11-29-19(22-18)13-2-3-15-10-21-7-6-12(15)8-13/h2-11,23H,1H3,(H,24,25). The van der Waals surface area contributed by atoms with Crippen molar-refractivity contribution in [3.63, 3.8) is 0 Å². The Morgan fingerprint density at radius 1 is 1.13 bits per heavy atom. The Bertz CT molecular complexity index is 1370. The van der Waals surface area contributed by atoms with E-state index in [1.54, 1.807) is 12.4 Å². The SMILES string of the molecule is COc1cc(C(=O)O)ccc1NS(=O)(=O)c1csc(-c2ccc3cnccc3c2)n1. The Hall–Kier alpha value is -3.50. The Labute approximate surface area is 175 Å². The van der Waals surface area contributed by atoms with Gasteiger partial charge in [0, 0.05) is 28.7 Å². The molecule has 0 saturated heterocycles. The lowest BCUT2D eigenvalue weighted by Gasteiger charge is -2.11. The minimum Gasteiger partial charge on any atom is -0.495 e. The molecular weight excluding hydrogens is 426 g/mol. The van der Waals surface area contributed by atoms with Crippen LogP contribution < -0.4 is 9.46 Å². The van der Waals surface area contributed by atoms with Gasteiger partial charge < -0.3 is 9.84 Å². The van der Waals surface area contributed by atoms with Crippen LogP contribution in [0.2, 0.25) is 0 Å². The van der Waals surface area contributed by atoms with E-state index in [1.807, 2.05) is 24.3 Å². The van der Waals surface area contributed by atoms with Crippen molar-refractivity contribution < 1.29 is 23.1 Å². The van der Waals surface area contributed by atoms with Crippen LogP contribution in [0.3, 0.4) is 0 Å². The van der Waals surface area contributed by atoms with Gasteiger partial charge in [-0.25, -0.2) is 9.78 Å². The van der Waals surface area contributed by atoms with E-state index in [0.29, 0.717) is 5.01 Å². The summed E-state index contributed by atoms with van der Waals surface area (Å²) < 4.78 is 33.1. The molecule has 0 radical (unpaired) electrons. The summed E-state index contributed by atoms with van der Waals surface area (Å²) in [5.74, 6) is -1.05. The Kier molecular flexibility index (Phi) is 5.10. The summed E-state index contributed by atoms with van der Waals surface area (Å²) in [5, 5.41) is 12.9. The molecule has 0 aliphatic rings. The number of nitrogens with zero attached hydrogens (tertiary/aromatic N) is 2. The van der Waals surface area contributed by atoms with Crippen molar-refractivity contribution in [2.75, 3.05) is 11.8 Å². The van der Waals surface area contributed by atoms with Gasteiger partial charge in [0.25, 0.3) is 10.0 Å². The zero-order valence-corrected chi connectivity index (χ0v) is 17.2. The number of carbonyl (C=O) groups is 1. The number of hydrogen-bond donors (Lipinski definition) is 2. The van der Waals surface area contributed by atoms with Crippen LogP contribution >= 0.6 is 11.3 Å². The average Bonchev–Trinajstić information content (AvgIpc) is 3.24. The molecule has 2 N–H and O–H groups in total. The Morgan fingerprint density at radius 2 is 1.97 bits per heavy atom. The van der Waals surface area contributed by atoms with Crippen LogP contribution in [-0.2, 0) is 10.0 Å². The number of ether oxygens (including phenoxy) is 1. The minimum atomic E-state index is -4.00. The minimum absolute atomic E-state index is 0.0164. The number of pyridine rings is 1. The van der Waals surface area contributed by atoms with E-state index in [-0.39, 0.29) is 22.0 Å². The van der Waals surface area contributed by atoms with Crippen LogP contribution in [0, 0.1) is 0 Å². The predicted octanol–water partition coefficient (Wildman–Crippen LogP) is 3.87. The normalized spacial score (nSPS) is 11.4. The number of carboxylic acids is 1. The first kappa shape index (κ1) is 19.8. The fraction of sp³-hybridized carbons (Fsp3) is 0.0500. The van der Waals surface area contributed by atoms with Gasteiger partial charge in [0.1, 0.15) is 10.8 Å². The van der Waals surface area contributed by atoms with E-state index >= 15 is 0 Å². The van der Waals surface area contributed by atoms with Crippen LogP contribution in [0.25, 0.3) is 21.3 Å². The van der Waals surface area contributed by atoms with Crippen LogP contribution in [0.15, 0.2) is 65.3 Å².